The van der Waals surface area contributed by atoms with Crippen molar-refractivity contribution in [3.63, 3.8) is 0 Å². The van der Waals surface area contributed by atoms with E-state index < -0.39 is 5.60 Å². The Kier molecular flexibility index (Phi) is 5.54. The number of aliphatic hydroxyl groups is 1. The van der Waals surface area contributed by atoms with Crippen molar-refractivity contribution < 1.29 is 14.7 Å². The van der Waals surface area contributed by atoms with Gasteiger partial charge in [0.15, 0.2) is 0 Å². The molecule has 1 aliphatic heterocycles. The van der Waals surface area contributed by atoms with E-state index in [1.807, 2.05) is 13.2 Å². The van der Waals surface area contributed by atoms with E-state index in [2.05, 4.69) is 10.4 Å². The summed E-state index contributed by atoms with van der Waals surface area (Å²) in [7, 11) is 3.39. The van der Waals surface area contributed by atoms with Gasteiger partial charge in [-0.1, -0.05) is 0 Å². The fraction of sp³-hybridized carbons (Fsp3) is 0.562. The number of amides is 2. The second-order valence-electron chi connectivity index (χ2n) is 6.04. The number of nitrogens with one attached hydrogen (secondary N) is 1. The molecule has 23 heavy (non-hydrogen) atoms. The Morgan fingerprint density at radius 1 is 1.52 bits per heavy atom. The maximum atomic E-state index is 12.3. The number of likely N-dealkylation sites (tertiary alicyclic amines) is 1. The average molecular weight is 320 g/mol. The van der Waals surface area contributed by atoms with Gasteiger partial charge in [0.1, 0.15) is 0 Å². The van der Waals surface area contributed by atoms with Gasteiger partial charge in [-0.2, -0.15) is 5.10 Å². The molecular weight excluding hydrogens is 296 g/mol. The summed E-state index contributed by atoms with van der Waals surface area (Å²) < 4.78 is 1.67. The number of hydrogen-bond acceptors (Lipinski definition) is 4. The second-order valence-corrected chi connectivity index (χ2v) is 6.04. The summed E-state index contributed by atoms with van der Waals surface area (Å²) in [4.78, 5) is 25.3. The van der Waals surface area contributed by atoms with E-state index in [0.29, 0.717) is 19.4 Å². The minimum absolute atomic E-state index is 0.0988. The Labute approximate surface area is 136 Å². The molecule has 1 fully saturated rings. The maximum absolute atomic E-state index is 12.3. The van der Waals surface area contributed by atoms with Crippen molar-refractivity contribution in [1.29, 1.82) is 0 Å². The smallest absolute Gasteiger partial charge is 0.246 e. The molecule has 2 N–H and O–H groups in total. The molecule has 1 atom stereocenters. The number of hydrogen-bond donors (Lipinski definition) is 2. The van der Waals surface area contributed by atoms with Gasteiger partial charge in [0.05, 0.1) is 11.8 Å². The van der Waals surface area contributed by atoms with Crippen molar-refractivity contribution >= 4 is 17.9 Å². The summed E-state index contributed by atoms with van der Waals surface area (Å²) >= 11 is 0. The average Bonchev–Trinajstić information content (AvgIpc) is 2.96. The van der Waals surface area contributed by atoms with E-state index in [1.165, 1.54) is 6.08 Å². The fourth-order valence-corrected chi connectivity index (χ4v) is 2.77. The highest BCUT2D eigenvalue weighted by Crippen LogP contribution is 2.26. The Morgan fingerprint density at radius 3 is 2.96 bits per heavy atom. The molecule has 1 aromatic heterocycles. The highest BCUT2D eigenvalue weighted by molar-refractivity contribution is 5.91. The lowest BCUT2D eigenvalue weighted by Gasteiger charge is -2.38. The summed E-state index contributed by atoms with van der Waals surface area (Å²) in [5.41, 5.74) is -0.129. The first-order valence-electron chi connectivity index (χ1n) is 7.80. The van der Waals surface area contributed by atoms with Crippen molar-refractivity contribution in [3.8, 4) is 0 Å². The lowest BCUT2D eigenvalue weighted by Crippen LogP contribution is -2.50. The predicted octanol–water partition coefficient (Wildman–Crippen LogP) is 0.313. The molecule has 1 aromatic rings. The summed E-state index contributed by atoms with van der Waals surface area (Å²) in [6, 6.07) is 0. The first-order chi connectivity index (χ1) is 10.9. The Bertz CT molecular complexity index is 596. The molecule has 7 heteroatoms. The van der Waals surface area contributed by atoms with Crippen molar-refractivity contribution in [2.75, 3.05) is 20.1 Å². The third-order valence-electron chi connectivity index (χ3n) is 4.11. The van der Waals surface area contributed by atoms with Gasteiger partial charge >= 0.3 is 0 Å². The lowest BCUT2D eigenvalue weighted by atomic mass is 9.88. The highest BCUT2D eigenvalue weighted by Gasteiger charge is 2.34. The molecule has 2 amide bonds. The Balaban J connectivity index is 1.92. The van der Waals surface area contributed by atoms with E-state index in [1.54, 1.807) is 28.9 Å². The largest absolute Gasteiger partial charge is 0.388 e. The van der Waals surface area contributed by atoms with Crippen LogP contribution in [-0.4, -0.2) is 57.3 Å². The van der Waals surface area contributed by atoms with Gasteiger partial charge < -0.3 is 15.3 Å². The SMILES string of the molecule is CNC(=O)CCC1(O)CCCN(C(=O)/C=C/c2cnn(C)c2)C1. The first kappa shape index (κ1) is 17.2. The van der Waals surface area contributed by atoms with Crippen LogP contribution >= 0.6 is 0 Å². The van der Waals surface area contributed by atoms with Crippen molar-refractivity contribution in [1.82, 2.24) is 20.0 Å². The molecule has 2 heterocycles. The van der Waals surface area contributed by atoms with E-state index in [-0.39, 0.29) is 24.8 Å². The number of aromatic nitrogens is 2. The molecule has 1 saturated heterocycles. The first-order valence-corrected chi connectivity index (χ1v) is 7.80. The van der Waals surface area contributed by atoms with Gasteiger partial charge in [0.25, 0.3) is 0 Å². The van der Waals surface area contributed by atoms with Crippen molar-refractivity contribution in [2.24, 2.45) is 7.05 Å². The minimum Gasteiger partial charge on any atom is -0.388 e. The predicted molar refractivity (Wildman–Crippen MR) is 86.3 cm³/mol. The Hall–Kier alpha value is -2.15. The number of carbonyl (C=O) groups is 2. The van der Waals surface area contributed by atoms with Crippen LogP contribution in [0, 0.1) is 0 Å². The zero-order valence-electron chi connectivity index (χ0n) is 13.7. The normalized spacial score (nSPS) is 21.6. The van der Waals surface area contributed by atoms with Crippen LogP contribution in [-0.2, 0) is 16.6 Å². The van der Waals surface area contributed by atoms with Crippen LogP contribution in [0.5, 0.6) is 0 Å². The van der Waals surface area contributed by atoms with Gasteiger partial charge in [-0.3, -0.25) is 14.3 Å². The molecule has 0 aliphatic carbocycles. The lowest BCUT2D eigenvalue weighted by molar-refractivity contribution is -0.134. The third-order valence-corrected chi connectivity index (χ3v) is 4.11. The van der Waals surface area contributed by atoms with E-state index >= 15 is 0 Å². The number of aryl methyl sites for hydroxylation is 1. The summed E-state index contributed by atoms with van der Waals surface area (Å²) in [5.74, 6) is -0.231. The summed E-state index contributed by atoms with van der Waals surface area (Å²) in [5, 5.41) is 17.2. The molecule has 0 spiro atoms. The molecule has 0 radical (unpaired) electrons. The zero-order chi connectivity index (χ0) is 16.9. The van der Waals surface area contributed by atoms with Gasteiger partial charge in [-0.05, 0) is 25.3 Å². The maximum Gasteiger partial charge on any atom is 0.246 e. The van der Waals surface area contributed by atoms with Crippen LogP contribution in [0.4, 0.5) is 0 Å². The minimum atomic E-state index is -0.984. The standard InChI is InChI=1S/C16H24N4O3/c1-17-14(21)6-8-16(23)7-3-9-20(12-16)15(22)5-4-13-10-18-19(2)11-13/h4-5,10-11,23H,3,6-9,12H2,1-2H3,(H,17,21)/b5-4+. The van der Waals surface area contributed by atoms with Gasteiger partial charge in [0, 0.05) is 51.4 Å². The number of β-amino-alcohol motifs (C(OH)–C–C–N with tert-alkyl or cyclic N) is 1. The summed E-state index contributed by atoms with van der Waals surface area (Å²) in [6.45, 7) is 0.888. The zero-order valence-corrected chi connectivity index (χ0v) is 13.7. The molecule has 7 nitrogen and oxygen atoms in total. The molecule has 1 unspecified atom stereocenters. The number of carbonyl (C=O) groups excluding carboxylic acids is 2. The van der Waals surface area contributed by atoms with Crippen LogP contribution in [0.2, 0.25) is 0 Å². The molecular formula is C16H24N4O3. The number of piperidine rings is 1. The van der Waals surface area contributed by atoms with Crippen molar-refractivity contribution in [3.05, 3.63) is 24.0 Å². The van der Waals surface area contributed by atoms with E-state index in [9.17, 15) is 14.7 Å². The molecule has 126 valence electrons. The van der Waals surface area contributed by atoms with Gasteiger partial charge in [0.2, 0.25) is 11.8 Å². The fourth-order valence-electron chi connectivity index (χ4n) is 2.77. The van der Waals surface area contributed by atoms with Gasteiger partial charge in [-0.15, -0.1) is 0 Å². The monoisotopic (exact) mass is 320 g/mol. The Morgan fingerprint density at radius 2 is 2.30 bits per heavy atom. The number of rotatable bonds is 5. The molecule has 1 aliphatic rings. The van der Waals surface area contributed by atoms with E-state index in [0.717, 1.165) is 12.0 Å². The van der Waals surface area contributed by atoms with Crippen LogP contribution in [0.15, 0.2) is 18.5 Å². The van der Waals surface area contributed by atoms with E-state index in [4.69, 9.17) is 0 Å². The quantitative estimate of drug-likeness (QED) is 0.765. The molecule has 2 rings (SSSR count). The van der Waals surface area contributed by atoms with Crippen LogP contribution < -0.4 is 5.32 Å². The topological polar surface area (TPSA) is 87.5 Å². The molecule has 0 aromatic carbocycles. The van der Waals surface area contributed by atoms with Gasteiger partial charge in [-0.25, -0.2) is 0 Å². The van der Waals surface area contributed by atoms with Crippen LogP contribution in [0.3, 0.4) is 0 Å². The third kappa shape index (κ3) is 4.92. The number of nitrogens with zero attached hydrogens (tertiary/aromatic N) is 3. The molecule has 0 bridgehead atoms. The highest BCUT2D eigenvalue weighted by atomic mass is 16.3. The summed E-state index contributed by atoms with van der Waals surface area (Å²) in [6.07, 6.45) is 8.69. The second kappa shape index (κ2) is 7.41. The van der Waals surface area contributed by atoms with Crippen molar-refractivity contribution in [2.45, 2.75) is 31.3 Å². The van der Waals surface area contributed by atoms with Crippen LogP contribution in [0.1, 0.15) is 31.2 Å². The van der Waals surface area contributed by atoms with Crippen LogP contribution in [0.25, 0.3) is 6.08 Å². The molecule has 0 saturated carbocycles.